The predicted molar refractivity (Wildman–Crippen MR) is 108 cm³/mol. The number of amidine groups is 1. The second-order valence-corrected chi connectivity index (χ2v) is 8.06. The molecule has 0 saturated carbocycles. The van der Waals surface area contributed by atoms with Gasteiger partial charge in [-0.3, -0.25) is 9.98 Å². The number of aromatic nitrogens is 1. The standard InChI is InChI=1S/C21H25N3OS/c1-4-16-13-26-21-23-19(18-10-5-6-11-22-18)20(24(16)21)15-8-7-9-17(12-15)25-14(2)3/h5-12,14,16,19-20H,4,13H2,1-3H3/t16-,19+,20+/m0/s1. The van der Waals surface area contributed by atoms with Crippen molar-refractivity contribution >= 4 is 16.9 Å². The lowest BCUT2D eigenvalue weighted by atomic mass is 9.95. The molecule has 0 radical (unpaired) electrons. The van der Waals surface area contributed by atoms with Gasteiger partial charge in [-0.15, -0.1) is 0 Å². The van der Waals surface area contributed by atoms with E-state index in [1.54, 1.807) is 0 Å². The highest BCUT2D eigenvalue weighted by atomic mass is 32.2. The molecule has 136 valence electrons. The molecule has 0 aliphatic carbocycles. The van der Waals surface area contributed by atoms with Crippen LogP contribution in [0.1, 0.15) is 50.5 Å². The molecule has 0 N–H and O–H groups in total. The van der Waals surface area contributed by atoms with E-state index in [2.05, 4.69) is 54.9 Å². The van der Waals surface area contributed by atoms with Gasteiger partial charge in [0, 0.05) is 18.0 Å². The minimum Gasteiger partial charge on any atom is -0.491 e. The molecule has 3 heterocycles. The normalized spacial score (nSPS) is 24.7. The summed E-state index contributed by atoms with van der Waals surface area (Å²) in [6.45, 7) is 6.38. The van der Waals surface area contributed by atoms with Crippen molar-refractivity contribution in [3.8, 4) is 5.75 Å². The van der Waals surface area contributed by atoms with Gasteiger partial charge in [-0.1, -0.05) is 36.9 Å². The molecule has 2 aromatic rings. The number of rotatable bonds is 5. The number of thioether (sulfide) groups is 1. The number of benzene rings is 1. The maximum atomic E-state index is 5.94. The Morgan fingerprint density at radius 1 is 1.23 bits per heavy atom. The van der Waals surface area contributed by atoms with E-state index in [1.165, 1.54) is 5.56 Å². The monoisotopic (exact) mass is 367 g/mol. The Hall–Kier alpha value is -2.01. The van der Waals surface area contributed by atoms with Crippen molar-refractivity contribution < 1.29 is 4.74 Å². The molecule has 1 aromatic heterocycles. The highest BCUT2D eigenvalue weighted by molar-refractivity contribution is 8.14. The minimum atomic E-state index is 0.0300. The molecule has 1 saturated heterocycles. The first kappa shape index (κ1) is 17.4. The van der Waals surface area contributed by atoms with Crippen molar-refractivity contribution in [3.05, 3.63) is 59.9 Å². The molecule has 4 rings (SSSR count). The van der Waals surface area contributed by atoms with E-state index in [9.17, 15) is 0 Å². The second-order valence-electron chi connectivity index (χ2n) is 7.08. The predicted octanol–water partition coefficient (Wildman–Crippen LogP) is 4.85. The molecule has 1 aromatic carbocycles. The van der Waals surface area contributed by atoms with Crippen LogP contribution in [0.2, 0.25) is 0 Å². The van der Waals surface area contributed by atoms with Gasteiger partial charge in [0.1, 0.15) is 11.8 Å². The summed E-state index contributed by atoms with van der Waals surface area (Å²) in [4.78, 5) is 12.2. The van der Waals surface area contributed by atoms with Gasteiger partial charge < -0.3 is 9.64 Å². The fourth-order valence-corrected chi connectivity index (χ4v) is 5.09. The number of nitrogens with zero attached hydrogens (tertiary/aromatic N) is 3. The summed E-state index contributed by atoms with van der Waals surface area (Å²) in [6, 6.07) is 15.3. The third kappa shape index (κ3) is 3.20. The number of ether oxygens (including phenoxy) is 1. The van der Waals surface area contributed by atoms with Crippen LogP contribution < -0.4 is 4.74 Å². The Morgan fingerprint density at radius 3 is 2.85 bits per heavy atom. The Morgan fingerprint density at radius 2 is 2.12 bits per heavy atom. The summed E-state index contributed by atoms with van der Waals surface area (Å²) < 4.78 is 5.94. The van der Waals surface area contributed by atoms with Gasteiger partial charge in [0.25, 0.3) is 0 Å². The Kier molecular flexibility index (Phi) is 4.90. The molecule has 2 aliphatic rings. The van der Waals surface area contributed by atoms with Crippen molar-refractivity contribution in [2.24, 2.45) is 4.99 Å². The number of pyridine rings is 1. The van der Waals surface area contributed by atoms with Crippen molar-refractivity contribution in [2.45, 2.75) is 51.4 Å². The SMILES string of the molecule is CC[C@H]1CSC2=N[C@H](c3ccccn3)[C@@H](c3cccc(OC(C)C)c3)N21. The number of hydrogen-bond acceptors (Lipinski definition) is 5. The van der Waals surface area contributed by atoms with Gasteiger partial charge in [0.2, 0.25) is 0 Å². The molecule has 5 heteroatoms. The zero-order chi connectivity index (χ0) is 18.1. The van der Waals surface area contributed by atoms with E-state index in [0.29, 0.717) is 6.04 Å². The van der Waals surface area contributed by atoms with E-state index in [-0.39, 0.29) is 18.2 Å². The molecule has 1 fully saturated rings. The topological polar surface area (TPSA) is 37.7 Å². The molecular weight excluding hydrogens is 342 g/mol. The van der Waals surface area contributed by atoms with Crippen molar-refractivity contribution in [2.75, 3.05) is 5.75 Å². The average Bonchev–Trinajstić information content (AvgIpc) is 3.21. The number of fused-ring (bicyclic) bond motifs is 1. The zero-order valence-electron chi connectivity index (χ0n) is 15.5. The molecular formula is C21H25N3OS. The van der Waals surface area contributed by atoms with Gasteiger partial charge in [-0.25, -0.2) is 0 Å². The maximum Gasteiger partial charge on any atom is 0.160 e. The van der Waals surface area contributed by atoms with E-state index >= 15 is 0 Å². The highest BCUT2D eigenvalue weighted by Crippen LogP contribution is 2.48. The Bertz CT molecular complexity index is 793. The molecule has 3 atom stereocenters. The van der Waals surface area contributed by atoms with E-state index < -0.39 is 0 Å². The summed E-state index contributed by atoms with van der Waals surface area (Å²) in [5, 5.41) is 1.16. The summed E-state index contributed by atoms with van der Waals surface area (Å²) in [5.74, 6) is 2.04. The second kappa shape index (κ2) is 7.31. The van der Waals surface area contributed by atoms with Crippen molar-refractivity contribution in [1.82, 2.24) is 9.88 Å². The first-order valence-corrected chi connectivity index (χ1v) is 10.3. The minimum absolute atomic E-state index is 0.0300. The van der Waals surface area contributed by atoms with Crippen LogP contribution in [-0.2, 0) is 0 Å². The Labute approximate surface area is 159 Å². The fourth-order valence-electron chi connectivity index (χ4n) is 3.75. The van der Waals surface area contributed by atoms with Gasteiger partial charge in [-0.2, -0.15) is 0 Å². The number of aliphatic imine (C=N–C) groups is 1. The smallest absolute Gasteiger partial charge is 0.160 e. The first-order chi connectivity index (χ1) is 12.7. The molecule has 2 aliphatic heterocycles. The lowest BCUT2D eigenvalue weighted by molar-refractivity contribution is 0.237. The van der Waals surface area contributed by atoms with Crippen LogP contribution in [-0.4, -0.2) is 33.0 Å². The first-order valence-electron chi connectivity index (χ1n) is 9.34. The highest BCUT2D eigenvalue weighted by Gasteiger charge is 2.45. The van der Waals surface area contributed by atoms with E-state index in [1.807, 2.05) is 36.2 Å². The third-order valence-electron chi connectivity index (χ3n) is 4.90. The van der Waals surface area contributed by atoms with Crippen LogP contribution in [0.15, 0.2) is 53.7 Å². The van der Waals surface area contributed by atoms with Gasteiger partial charge in [0.05, 0.1) is 17.8 Å². The van der Waals surface area contributed by atoms with Gasteiger partial charge in [-0.05, 0) is 50.1 Å². The quantitative estimate of drug-likeness (QED) is 0.757. The van der Waals surface area contributed by atoms with Gasteiger partial charge in [0.15, 0.2) is 5.17 Å². The maximum absolute atomic E-state index is 5.94. The van der Waals surface area contributed by atoms with Gasteiger partial charge >= 0.3 is 0 Å². The molecule has 0 bridgehead atoms. The van der Waals surface area contributed by atoms with Crippen LogP contribution in [0, 0.1) is 0 Å². The fraction of sp³-hybridized carbons (Fsp3) is 0.429. The molecule has 0 unspecified atom stereocenters. The van der Waals surface area contributed by atoms with Crippen LogP contribution >= 0.6 is 11.8 Å². The van der Waals surface area contributed by atoms with Crippen LogP contribution in [0.25, 0.3) is 0 Å². The van der Waals surface area contributed by atoms with Crippen LogP contribution in [0.4, 0.5) is 0 Å². The van der Waals surface area contributed by atoms with Crippen molar-refractivity contribution in [3.63, 3.8) is 0 Å². The zero-order valence-corrected chi connectivity index (χ0v) is 16.3. The van der Waals surface area contributed by atoms with Crippen LogP contribution in [0.3, 0.4) is 0 Å². The molecule has 0 spiro atoms. The lowest BCUT2D eigenvalue weighted by Crippen LogP contribution is -2.35. The average molecular weight is 368 g/mol. The van der Waals surface area contributed by atoms with E-state index in [4.69, 9.17) is 9.73 Å². The van der Waals surface area contributed by atoms with E-state index in [0.717, 1.165) is 28.8 Å². The summed E-state index contributed by atoms with van der Waals surface area (Å²) in [5.41, 5.74) is 2.28. The molecule has 0 amide bonds. The third-order valence-corrected chi connectivity index (χ3v) is 6.03. The summed E-state index contributed by atoms with van der Waals surface area (Å²) >= 11 is 1.87. The van der Waals surface area contributed by atoms with Crippen molar-refractivity contribution in [1.29, 1.82) is 0 Å². The van der Waals surface area contributed by atoms with Crippen LogP contribution in [0.5, 0.6) is 5.75 Å². The molecule has 4 nitrogen and oxygen atoms in total. The molecule has 26 heavy (non-hydrogen) atoms. The lowest BCUT2D eigenvalue weighted by Gasteiger charge is -2.32. The largest absolute Gasteiger partial charge is 0.491 e. The summed E-state index contributed by atoms with van der Waals surface area (Å²) in [6.07, 6.45) is 3.15. The number of hydrogen-bond donors (Lipinski definition) is 0. The Balaban J connectivity index is 1.75. The summed E-state index contributed by atoms with van der Waals surface area (Å²) in [7, 11) is 0.